The molecular formula is C18H29N5O2. The van der Waals surface area contributed by atoms with Crippen LogP contribution in [0.3, 0.4) is 0 Å². The van der Waals surface area contributed by atoms with Crippen LogP contribution in [0.15, 0.2) is 29.3 Å². The second-order valence-corrected chi connectivity index (χ2v) is 6.42. The van der Waals surface area contributed by atoms with Gasteiger partial charge in [-0.25, -0.2) is 4.99 Å². The number of nitrogens with zero attached hydrogens (tertiary/aromatic N) is 2. The van der Waals surface area contributed by atoms with Crippen molar-refractivity contribution < 1.29 is 9.53 Å². The molecular weight excluding hydrogens is 318 g/mol. The van der Waals surface area contributed by atoms with Gasteiger partial charge >= 0.3 is 0 Å². The number of benzene rings is 1. The van der Waals surface area contributed by atoms with E-state index in [1.807, 2.05) is 12.1 Å². The van der Waals surface area contributed by atoms with Crippen LogP contribution >= 0.6 is 0 Å². The van der Waals surface area contributed by atoms with E-state index in [0.717, 1.165) is 38.0 Å². The van der Waals surface area contributed by atoms with Crippen LogP contribution in [0.1, 0.15) is 24.0 Å². The van der Waals surface area contributed by atoms with Crippen molar-refractivity contribution in [1.82, 2.24) is 10.2 Å². The van der Waals surface area contributed by atoms with E-state index in [0.29, 0.717) is 25.7 Å². The van der Waals surface area contributed by atoms with Crippen molar-refractivity contribution in [2.24, 2.45) is 22.4 Å². The Morgan fingerprint density at radius 3 is 2.96 bits per heavy atom. The lowest BCUT2D eigenvalue weighted by Crippen LogP contribution is -2.40. The Bertz CT molecular complexity index is 591. The molecule has 7 heteroatoms. The average Bonchev–Trinajstić information content (AvgIpc) is 2.61. The van der Waals surface area contributed by atoms with Crippen LogP contribution in [0.25, 0.3) is 0 Å². The molecule has 25 heavy (non-hydrogen) atoms. The highest BCUT2D eigenvalue weighted by Gasteiger charge is 2.23. The monoisotopic (exact) mass is 347 g/mol. The van der Waals surface area contributed by atoms with Crippen LogP contribution in [-0.2, 0) is 22.6 Å². The number of carbonyl (C=O) groups excluding carboxylic acids is 1. The maximum absolute atomic E-state index is 11.4. The first kappa shape index (κ1) is 19.2. The van der Waals surface area contributed by atoms with Gasteiger partial charge in [0.15, 0.2) is 5.96 Å². The van der Waals surface area contributed by atoms with Gasteiger partial charge in [0.05, 0.1) is 19.1 Å². The molecule has 1 aromatic rings. The lowest BCUT2D eigenvalue weighted by molar-refractivity contribution is -0.123. The van der Waals surface area contributed by atoms with Crippen LogP contribution in [0.2, 0.25) is 0 Å². The summed E-state index contributed by atoms with van der Waals surface area (Å²) < 4.78 is 4.96. The molecule has 0 aromatic heterocycles. The van der Waals surface area contributed by atoms with E-state index in [1.54, 1.807) is 7.11 Å². The lowest BCUT2D eigenvalue weighted by atomic mass is 9.97. The lowest BCUT2D eigenvalue weighted by Gasteiger charge is -2.31. The van der Waals surface area contributed by atoms with Crippen LogP contribution in [0.4, 0.5) is 0 Å². The molecule has 0 aliphatic carbocycles. The smallest absolute Gasteiger partial charge is 0.221 e. The Balaban J connectivity index is 1.88. The minimum Gasteiger partial charge on any atom is -0.383 e. The molecule has 1 amide bonds. The molecule has 1 unspecified atom stereocenters. The first-order valence-electron chi connectivity index (χ1n) is 8.70. The minimum absolute atomic E-state index is 0.0282. The zero-order valence-electron chi connectivity index (χ0n) is 14.9. The SMILES string of the molecule is COCCNC(N)=NCc1cccc(CN2CCCC(C(N)=O)C2)c1. The fraction of sp³-hybridized carbons (Fsp3) is 0.556. The fourth-order valence-corrected chi connectivity index (χ4v) is 3.03. The Kier molecular flexibility index (Phi) is 7.69. The van der Waals surface area contributed by atoms with Crippen LogP contribution in [0.5, 0.6) is 0 Å². The number of nitrogens with two attached hydrogens (primary N) is 2. The number of hydrogen-bond donors (Lipinski definition) is 3. The van der Waals surface area contributed by atoms with Crippen molar-refractivity contribution in [1.29, 1.82) is 0 Å². The number of nitrogens with one attached hydrogen (secondary N) is 1. The number of piperidine rings is 1. The van der Waals surface area contributed by atoms with Crippen LogP contribution < -0.4 is 16.8 Å². The van der Waals surface area contributed by atoms with Gasteiger partial charge in [-0.05, 0) is 30.5 Å². The average molecular weight is 347 g/mol. The molecule has 1 aromatic carbocycles. The summed E-state index contributed by atoms with van der Waals surface area (Å²) >= 11 is 0. The Labute approximate surface area is 149 Å². The van der Waals surface area contributed by atoms with Gasteiger partial charge in [-0.2, -0.15) is 0 Å². The highest BCUT2D eigenvalue weighted by Crippen LogP contribution is 2.18. The maximum Gasteiger partial charge on any atom is 0.221 e. The van der Waals surface area contributed by atoms with Gasteiger partial charge in [-0.3, -0.25) is 9.69 Å². The molecule has 0 bridgehead atoms. The molecule has 138 valence electrons. The molecule has 1 saturated heterocycles. The fourth-order valence-electron chi connectivity index (χ4n) is 3.03. The van der Waals surface area contributed by atoms with E-state index >= 15 is 0 Å². The second-order valence-electron chi connectivity index (χ2n) is 6.42. The van der Waals surface area contributed by atoms with Gasteiger partial charge in [0.25, 0.3) is 0 Å². The summed E-state index contributed by atoms with van der Waals surface area (Å²) in [7, 11) is 1.65. The summed E-state index contributed by atoms with van der Waals surface area (Å²) in [5.74, 6) is 0.200. The summed E-state index contributed by atoms with van der Waals surface area (Å²) in [5.41, 5.74) is 13.6. The van der Waals surface area contributed by atoms with Crippen molar-refractivity contribution in [3.05, 3.63) is 35.4 Å². The normalized spacial score (nSPS) is 18.9. The molecule has 2 rings (SSSR count). The maximum atomic E-state index is 11.4. The first-order chi connectivity index (χ1) is 12.1. The van der Waals surface area contributed by atoms with Gasteiger partial charge in [0, 0.05) is 26.7 Å². The largest absolute Gasteiger partial charge is 0.383 e. The molecule has 1 atom stereocenters. The van der Waals surface area contributed by atoms with Gasteiger partial charge < -0.3 is 21.5 Å². The summed E-state index contributed by atoms with van der Waals surface area (Å²) in [6.45, 7) is 4.33. The number of carbonyl (C=O) groups is 1. The van der Waals surface area contributed by atoms with E-state index < -0.39 is 0 Å². The topological polar surface area (TPSA) is 106 Å². The number of primary amides is 1. The summed E-state index contributed by atoms with van der Waals surface area (Å²) in [6.07, 6.45) is 1.91. The van der Waals surface area contributed by atoms with Crippen molar-refractivity contribution >= 4 is 11.9 Å². The number of amides is 1. The van der Waals surface area contributed by atoms with Gasteiger partial charge in [0.2, 0.25) is 5.91 Å². The third kappa shape index (κ3) is 6.72. The van der Waals surface area contributed by atoms with Gasteiger partial charge in [-0.15, -0.1) is 0 Å². The van der Waals surface area contributed by atoms with E-state index in [1.165, 1.54) is 5.56 Å². The van der Waals surface area contributed by atoms with Crippen molar-refractivity contribution in [3.63, 3.8) is 0 Å². The van der Waals surface area contributed by atoms with Crippen LogP contribution in [0, 0.1) is 5.92 Å². The number of aliphatic imine (C=N–C) groups is 1. The van der Waals surface area contributed by atoms with E-state index in [2.05, 4.69) is 27.3 Å². The zero-order valence-corrected chi connectivity index (χ0v) is 14.9. The van der Waals surface area contributed by atoms with Gasteiger partial charge in [0.1, 0.15) is 0 Å². The third-order valence-electron chi connectivity index (χ3n) is 4.35. The zero-order chi connectivity index (χ0) is 18.1. The van der Waals surface area contributed by atoms with Crippen molar-refractivity contribution in [2.45, 2.75) is 25.9 Å². The Hall–Kier alpha value is -2.12. The highest BCUT2D eigenvalue weighted by molar-refractivity contribution is 5.77. The molecule has 7 nitrogen and oxygen atoms in total. The molecule has 1 fully saturated rings. The molecule has 0 spiro atoms. The molecule has 0 saturated carbocycles. The predicted octanol–water partition coefficient (Wildman–Crippen LogP) is 0.435. The molecule has 1 aliphatic heterocycles. The number of guanidine groups is 1. The van der Waals surface area contributed by atoms with Gasteiger partial charge in [-0.1, -0.05) is 24.3 Å². The molecule has 1 aliphatic rings. The summed E-state index contributed by atoms with van der Waals surface area (Å²) in [4.78, 5) is 18.0. The van der Waals surface area contributed by atoms with E-state index in [4.69, 9.17) is 16.2 Å². The highest BCUT2D eigenvalue weighted by atomic mass is 16.5. The van der Waals surface area contributed by atoms with Crippen molar-refractivity contribution in [2.75, 3.05) is 33.4 Å². The number of hydrogen-bond acceptors (Lipinski definition) is 4. The standard InChI is InChI=1S/C18H29N5O2/c1-25-9-7-21-18(20)22-11-14-4-2-5-15(10-14)12-23-8-3-6-16(13-23)17(19)24/h2,4-5,10,16H,3,6-9,11-13H2,1H3,(H2,19,24)(H3,20,21,22). The number of rotatable bonds is 8. The predicted molar refractivity (Wildman–Crippen MR) is 98.8 cm³/mol. The van der Waals surface area contributed by atoms with Crippen LogP contribution in [-0.4, -0.2) is 50.1 Å². The third-order valence-corrected chi connectivity index (χ3v) is 4.35. The molecule has 5 N–H and O–H groups in total. The quantitative estimate of drug-likeness (QED) is 0.359. The van der Waals surface area contributed by atoms with E-state index in [9.17, 15) is 4.79 Å². The Morgan fingerprint density at radius 2 is 2.20 bits per heavy atom. The van der Waals surface area contributed by atoms with Crippen molar-refractivity contribution in [3.8, 4) is 0 Å². The molecule has 0 radical (unpaired) electrons. The summed E-state index contributed by atoms with van der Waals surface area (Å²) in [5, 5.41) is 3.00. The molecule has 1 heterocycles. The first-order valence-corrected chi connectivity index (χ1v) is 8.70. The van der Waals surface area contributed by atoms with E-state index in [-0.39, 0.29) is 11.8 Å². The number of methoxy groups -OCH3 is 1. The number of ether oxygens (including phenoxy) is 1. The number of likely N-dealkylation sites (tertiary alicyclic amines) is 1. The summed E-state index contributed by atoms with van der Waals surface area (Å²) in [6, 6.07) is 8.31. The minimum atomic E-state index is -0.191. The second kappa shape index (κ2) is 10.0. The Morgan fingerprint density at radius 1 is 1.40 bits per heavy atom.